The predicted molar refractivity (Wildman–Crippen MR) is 73.2 cm³/mol. The lowest BCUT2D eigenvalue weighted by Gasteiger charge is -2.07. The van der Waals surface area contributed by atoms with Crippen LogP contribution in [0.2, 0.25) is 0 Å². The second kappa shape index (κ2) is 8.78. The molecule has 5 heteroatoms. The number of hydrogen-bond donors (Lipinski definition) is 1. The third kappa shape index (κ3) is 6.47. The second-order valence-electron chi connectivity index (χ2n) is 4.02. The van der Waals surface area contributed by atoms with Crippen molar-refractivity contribution in [3.05, 3.63) is 29.8 Å². The molecule has 102 valence electrons. The van der Waals surface area contributed by atoms with E-state index in [-0.39, 0.29) is 31.0 Å². The van der Waals surface area contributed by atoms with Crippen molar-refractivity contribution in [1.82, 2.24) is 0 Å². The Morgan fingerprint density at radius 3 is 2.44 bits per heavy atom. The fourth-order valence-electron chi connectivity index (χ4n) is 1.35. The summed E-state index contributed by atoms with van der Waals surface area (Å²) in [5.41, 5.74) is 6.91. The molecule has 0 fully saturated rings. The summed E-state index contributed by atoms with van der Waals surface area (Å²) >= 11 is 0. The summed E-state index contributed by atoms with van der Waals surface area (Å²) in [6.07, 6.45) is 1.91. The van der Waals surface area contributed by atoms with Gasteiger partial charge in [-0.15, -0.1) is 12.4 Å². The Kier molecular flexibility index (Phi) is 8.16. The molecule has 2 N–H and O–H groups in total. The third-order valence-electron chi connectivity index (χ3n) is 2.40. The van der Waals surface area contributed by atoms with Crippen LogP contribution in [0.3, 0.4) is 0 Å². The van der Waals surface area contributed by atoms with Gasteiger partial charge < -0.3 is 15.2 Å². The zero-order chi connectivity index (χ0) is 12.7. The van der Waals surface area contributed by atoms with Crippen LogP contribution in [0.4, 0.5) is 0 Å². The smallest absolute Gasteiger partial charge is 0.343 e. The largest absolute Gasteiger partial charge is 0.482 e. The van der Waals surface area contributed by atoms with Crippen molar-refractivity contribution >= 4 is 18.4 Å². The molecule has 18 heavy (non-hydrogen) atoms. The van der Waals surface area contributed by atoms with Gasteiger partial charge in [-0.05, 0) is 37.5 Å². The van der Waals surface area contributed by atoms with Crippen molar-refractivity contribution in [2.45, 2.75) is 25.8 Å². The zero-order valence-corrected chi connectivity index (χ0v) is 11.5. The maximum absolute atomic E-state index is 10.9. The first kappa shape index (κ1) is 16.7. The van der Waals surface area contributed by atoms with E-state index in [1.807, 2.05) is 31.2 Å². The van der Waals surface area contributed by atoms with Crippen LogP contribution in [0.15, 0.2) is 24.3 Å². The Morgan fingerprint density at radius 2 is 1.94 bits per heavy atom. The van der Waals surface area contributed by atoms with Crippen molar-refractivity contribution in [1.29, 1.82) is 0 Å². The van der Waals surface area contributed by atoms with Gasteiger partial charge in [-0.25, -0.2) is 4.79 Å². The normalized spacial score (nSPS) is 11.3. The molecule has 0 aliphatic heterocycles. The minimum atomic E-state index is -0.383. The minimum absolute atomic E-state index is 0. The molecule has 1 atom stereocenters. The van der Waals surface area contributed by atoms with Crippen LogP contribution in [0, 0.1) is 0 Å². The summed E-state index contributed by atoms with van der Waals surface area (Å²) in [5.74, 6) is 0.283. The number of ether oxygens (including phenoxy) is 2. The van der Waals surface area contributed by atoms with Crippen LogP contribution in [0.5, 0.6) is 5.75 Å². The Balaban J connectivity index is 0.00000289. The summed E-state index contributed by atoms with van der Waals surface area (Å²) in [6, 6.07) is 7.87. The monoisotopic (exact) mass is 273 g/mol. The summed E-state index contributed by atoms with van der Waals surface area (Å²) in [5, 5.41) is 0. The van der Waals surface area contributed by atoms with E-state index in [0.717, 1.165) is 12.8 Å². The van der Waals surface area contributed by atoms with Crippen molar-refractivity contribution < 1.29 is 14.3 Å². The molecular weight excluding hydrogens is 254 g/mol. The number of carbonyl (C=O) groups is 1. The molecule has 0 radical (unpaired) electrons. The molecule has 0 aromatic heterocycles. The van der Waals surface area contributed by atoms with Crippen LogP contribution in [0.25, 0.3) is 0 Å². The molecule has 0 heterocycles. The number of nitrogens with two attached hydrogens (primary N) is 1. The lowest BCUT2D eigenvalue weighted by Crippen LogP contribution is -2.15. The van der Waals surface area contributed by atoms with Crippen LogP contribution >= 0.6 is 12.4 Å². The van der Waals surface area contributed by atoms with E-state index in [9.17, 15) is 4.79 Å². The van der Waals surface area contributed by atoms with E-state index in [4.69, 9.17) is 10.5 Å². The highest BCUT2D eigenvalue weighted by Crippen LogP contribution is 2.13. The Bertz CT molecular complexity index is 352. The maximum Gasteiger partial charge on any atom is 0.343 e. The first-order chi connectivity index (χ1) is 8.11. The van der Waals surface area contributed by atoms with Gasteiger partial charge in [-0.3, -0.25) is 0 Å². The molecule has 0 saturated carbocycles. The molecule has 4 nitrogen and oxygen atoms in total. The summed E-state index contributed by atoms with van der Waals surface area (Å²) in [6.45, 7) is 1.93. The van der Waals surface area contributed by atoms with E-state index in [1.165, 1.54) is 12.7 Å². The Hall–Kier alpha value is -1.26. The standard InChI is InChI=1S/C13H19NO3.ClH/c1-10(14)3-4-11-5-7-12(8-6-11)17-9-13(15)16-2;/h5-8,10H,3-4,9,14H2,1-2H3;1H/t10-;/m1./s1. The first-order valence-corrected chi connectivity index (χ1v) is 5.66. The minimum Gasteiger partial charge on any atom is -0.482 e. The average molecular weight is 274 g/mol. The van der Waals surface area contributed by atoms with Gasteiger partial charge in [0.25, 0.3) is 0 Å². The van der Waals surface area contributed by atoms with Crippen LogP contribution in [-0.2, 0) is 16.0 Å². The number of hydrogen-bond acceptors (Lipinski definition) is 4. The number of benzene rings is 1. The molecule has 0 aliphatic carbocycles. The van der Waals surface area contributed by atoms with Gasteiger partial charge in [0, 0.05) is 6.04 Å². The van der Waals surface area contributed by atoms with Crippen LogP contribution < -0.4 is 10.5 Å². The second-order valence-corrected chi connectivity index (χ2v) is 4.02. The van der Waals surface area contributed by atoms with Crippen molar-refractivity contribution in [2.75, 3.05) is 13.7 Å². The highest BCUT2D eigenvalue weighted by molar-refractivity contribution is 5.85. The number of rotatable bonds is 6. The summed E-state index contributed by atoms with van der Waals surface area (Å²) in [7, 11) is 1.34. The van der Waals surface area contributed by atoms with Gasteiger partial charge in [0.2, 0.25) is 0 Å². The molecule has 0 aliphatic rings. The number of esters is 1. The summed E-state index contributed by atoms with van der Waals surface area (Å²) in [4.78, 5) is 10.9. The van der Waals surface area contributed by atoms with E-state index in [2.05, 4.69) is 4.74 Å². The van der Waals surface area contributed by atoms with Gasteiger partial charge in [0.05, 0.1) is 7.11 Å². The molecule has 0 saturated heterocycles. The van der Waals surface area contributed by atoms with Gasteiger partial charge in [-0.1, -0.05) is 12.1 Å². The molecule has 1 aromatic rings. The zero-order valence-electron chi connectivity index (χ0n) is 10.7. The highest BCUT2D eigenvalue weighted by atomic mass is 35.5. The highest BCUT2D eigenvalue weighted by Gasteiger charge is 2.02. The number of aryl methyl sites for hydroxylation is 1. The Labute approximate surface area is 114 Å². The molecule has 1 aromatic carbocycles. The lowest BCUT2D eigenvalue weighted by molar-refractivity contribution is -0.142. The van der Waals surface area contributed by atoms with E-state index >= 15 is 0 Å². The molecule has 0 spiro atoms. The molecule has 0 bridgehead atoms. The van der Waals surface area contributed by atoms with Gasteiger partial charge in [-0.2, -0.15) is 0 Å². The van der Waals surface area contributed by atoms with Gasteiger partial charge in [0.1, 0.15) is 5.75 Å². The predicted octanol–water partition coefficient (Wildman–Crippen LogP) is 1.94. The van der Waals surface area contributed by atoms with Crippen molar-refractivity contribution in [2.24, 2.45) is 5.73 Å². The van der Waals surface area contributed by atoms with Gasteiger partial charge in [0.15, 0.2) is 6.61 Å². The Morgan fingerprint density at radius 1 is 1.33 bits per heavy atom. The lowest BCUT2D eigenvalue weighted by atomic mass is 10.1. The van der Waals surface area contributed by atoms with Crippen molar-refractivity contribution in [3.63, 3.8) is 0 Å². The fraction of sp³-hybridized carbons (Fsp3) is 0.462. The first-order valence-electron chi connectivity index (χ1n) is 5.66. The maximum atomic E-state index is 10.9. The topological polar surface area (TPSA) is 61.5 Å². The van der Waals surface area contributed by atoms with E-state index in [1.54, 1.807) is 0 Å². The van der Waals surface area contributed by atoms with E-state index < -0.39 is 0 Å². The molecule has 1 rings (SSSR count). The molecule has 0 amide bonds. The van der Waals surface area contributed by atoms with Crippen molar-refractivity contribution in [3.8, 4) is 5.75 Å². The number of halogens is 1. The molecular formula is C13H20ClNO3. The molecule has 0 unspecified atom stereocenters. The average Bonchev–Trinajstić information content (AvgIpc) is 2.34. The SMILES string of the molecule is COC(=O)COc1ccc(CC[C@@H](C)N)cc1.Cl. The van der Waals surface area contributed by atoms with Gasteiger partial charge >= 0.3 is 5.97 Å². The number of carbonyl (C=O) groups excluding carboxylic acids is 1. The third-order valence-corrected chi connectivity index (χ3v) is 2.40. The fourth-order valence-corrected chi connectivity index (χ4v) is 1.35. The summed E-state index contributed by atoms with van der Waals surface area (Å²) < 4.78 is 9.72. The van der Waals surface area contributed by atoms with E-state index in [0.29, 0.717) is 5.75 Å². The quantitative estimate of drug-likeness (QED) is 0.805. The van der Waals surface area contributed by atoms with Crippen LogP contribution in [-0.4, -0.2) is 25.7 Å². The number of methoxy groups -OCH3 is 1. The van der Waals surface area contributed by atoms with Crippen LogP contribution in [0.1, 0.15) is 18.9 Å².